The largest absolute Gasteiger partial charge is 0.477 e. The van der Waals surface area contributed by atoms with Crippen LogP contribution in [0.25, 0.3) is 0 Å². The number of alkyl halides is 3. The van der Waals surface area contributed by atoms with E-state index < -0.39 is 55.1 Å². The molecular formula is C24H33F3N4O5SSi. The van der Waals surface area contributed by atoms with Crippen LogP contribution in [0, 0.1) is 0 Å². The fourth-order valence-corrected chi connectivity index (χ4v) is 6.64. The standard InChI is InChI=1S/C24H33F3N4O5SSi/c1-17(16-32)37(34,35)30-18-7-8-19(20(15-18)31-10-13-38(2,3)14-11-31)23(33)29-21-5-4-6-22(28-21)36-12-9-24(25,26)27/h4-8,15,17,30,32H,9-14,16H2,1-3H3,(H,28,29,33). The van der Waals surface area contributed by atoms with Gasteiger partial charge in [0.15, 0.2) is 0 Å². The van der Waals surface area contributed by atoms with Crippen molar-refractivity contribution in [3.8, 4) is 5.88 Å². The number of aliphatic hydroxyl groups is 1. The molecule has 0 spiro atoms. The summed E-state index contributed by atoms with van der Waals surface area (Å²) in [7, 11) is -5.19. The van der Waals surface area contributed by atoms with E-state index in [4.69, 9.17) is 4.74 Å². The van der Waals surface area contributed by atoms with Gasteiger partial charge in [-0.1, -0.05) is 19.2 Å². The predicted octanol–water partition coefficient (Wildman–Crippen LogP) is 4.32. The van der Waals surface area contributed by atoms with Crippen LogP contribution in [0.4, 0.5) is 30.4 Å². The summed E-state index contributed by atoms with van der Waals surface area (Å²) in [4.78, 5) is 19.4. The van der Waals surface area contributed by atoms with Crippen molar-refractivity contribution in [2.24, 2.45) is 0 Å². The maximum Gasteiger partial charge on any atom is 0.392 e. The second kappa shape index (κ2) is 11.9. The number of rotatable bonds is 10. The molecular weight excluding hydrogens is 541 g/mol. The maximum absolute atomic E-state index is 13.3. The van der Waals surface area contributed by atoms with E-state index in [1.165, 1.54) is 37.3 Å². The number of nitrogens with one attached hydrogen (secondary N) is 2. The van der Waals surface area contributed by atoms with E-state index in [0.29, 0.717) is 18.8 Å². The number of carbonyl (C=O) groups excluding carboxylic acids is 1. The molecule has 210 valence electrons. The van der Waals surface area contributed by atoms with Crippen LogP contribution < -0.4 is 19.7 Å². The minimum Gasteiger partial charge on any atom is -0.477 e. The Hall–Kier alpha value is -2.84. The van der Waals surface area contributed by atoms with Crippen molar-refractivity contribution in [1.82, 2.24) is 4.98 Å². The smallest absolute Gasteiger partial charge is 0.392 e. The fraction of sp³-hybridized carbons (Fsp3) is 0.500. The lowest BCUT2D eigenvalue weighted by Gasteiger charge is -2.38. The van der Waals surface area contributed by atoms with Gasteiger partial charge < -0.3 is 20.1 Å². The molecule has 1 saturated heterocycles. The molecule has 1 atom stereocenters. The molecule has 2 aromatic rings. The number of ether oxygens (including phenoxy) is 1. The number of aromatic nitrogens is 1. The van der Waals surface area contributed by atoms with Crippen molar-refractivity contribution >= 4 is 41.2 Å². The highest BCUT2D eigenvalue weighted by atomic mass is 32.2. The molecule has 0 radical (unpaired) electrons. The summed E-state index contributed by atoms with van der Waals surface area (Å²) in [5, 5.41) is 10.9. The minimum absolute atomic E-state index is 0.0572. The number of hydrogen-bond donors (Lipinski definition) is 3. The molecule has 2 heterocycles. The Morgan fingerprint density at radius 3 is 2.53 bits per heavy atom. The second-order valence-corrected chi connectivity index (χ2v) is 17.5. The van der Waals surface area contributed by atoms with E-state index >= 15 is 0 Å². The molecule has 0 saturated carbocycles. The van der Waals surface area contributed by atoms with Gasteiger partial charge in [0.1, 0.15) is 11.1 Å². The van der Waals surface area contributed by atoms with Gasteiger partial charge in [0, 0.05) is 19.2 Å². The first-order chi connectivity index (χ1) is 17.7. The number of amides is 1. The van der Waals surface area contributed by atoms with Gasteiger partial charge in [0.2, 0.25) is 15.9 Å². The highest BCUT2D eigenvalue weighted by Gasteiger charge is 2.30. The summed E-state index contributed by atoms with van der Waals surface area (Å²) in [6, 6.07) is 11.0. The summed E-state index contributed by atoms with van der Waals surface area (Å²) in [5.41, 5.74) is 1.09. The van der Waals surface area contributed by atoms with Crippen LogP contribution in [-0.4, -0.2) is 70.2 Å². The first kappa shape index (κ1) is 29.7. The molecule has 1 aliphatic heterocycles. The van der Waals surface area contributed by atoms with Crippen LogP contribution in [-0.2, 0) is 10.0 Å². The van der Waals surface area contributed by atoms with Gasteiger partial charge in [-0.3, -0.25) is 9.52 Å². The van der Waals surface area contributed by atoms with Gasteiger partial charge in [-0.15, -0.1) is 0 Å². The van der Waals surface area contributed by atoms with Crippen LogP contribution in [0.3, 0.4) is 0 Å². The molecule has 1 unspecified atom stereocenters. The average molecular weight is 575 g/mol. The molecule has 0 aliphatic carbocycles. The average Bonchev–Trinajstić information content (AvgIpc) is 2.82. The molecule has 9 nitrogen and oxygen atoms in total. The topological polar surface area (TPSA) is 121 Å². The fourth-order valence-electron chi connectivity index (χ4n) is 3.78. The van der Waals surface area contributed by atoms with Crippen LogP contribution in [0.15, 0.2) is 36.4 Å². The molecule has 3 N–H and O–H groups in total. The van der Waals surface area contributed by atoms with E-state index in [-0.39, 0.29) is 22.9 Å². The van der Waals surface area contributed by atoms with E-state index in [1.54, 1.807) is 6.07 Å². The highest BCUT2D eigenvalue weighted by Crippen LogP contribution is 2.32. The second-order valence-electron chi connectivity index (χ2n) is 10.1. The molecule has 1 aromatic carbocycles. The summed E-state index contributed by atoms with van der Waals surface area (Å²) in [6.07, 6.45) is -5.48. The third-order valence-electron chi connectivity index (χ3n) is 6.35. The SMILES string of the molecule is CC(CO)S(=O)(=O)Nc1ccc(C(=O)Nc2cccc(OCCC(F)(F)F)n2)c(N2CC[Si](C)(C)CC2)c1. The summed E-state index contributed by atoms with van der Waals surface area (Å²) < 4.78 is 69.7. The Morgan fingerprint density at radius 2 is 1.89 bits per heavy atom. The quantitative estimate of drug-likeness (QED) is 0.362. The first-order valence-electron chi connectivity index (χ1n) is 12.2. The monoisotopic (exact) mass is 574 g/mol. The minimum atomic E-state index is -4.36. The van der Waals surface area contributed by atoms with Gasteiger partial charge in [0.05, 0.1) is 44.6 Å². The van der Waals surface area contributed by atoms with Crippen molar-refractivity contribution < 1.29 is 36.2 Å². The lowest BCUT2D eigenvalue weighted by molar-refractivity contribution is -0.139. The normalized spacial score (nSPS) is 16.6. The molecule has 1 aliphatic rings. The van der Waals surface area contributed by atoms with Crippen molar-refractivity contribution in [2.75, 3.05) is 41.2 Å². The lowest BCUT2D eigenvalue weighted by atomic mass is 10.1. The first-order valence-corrected chi connectivity index (χ1v) is 17.1. The predicted molar refractivity (Wildman–Crippen MR) is 143 cm³/mol. The molecule has 0 bridgehead atoms. The van der Waals surface area contributed by atoms with E-state index in [9.17, 15) is 31.5 Å². The molecule has 1 amide bonds. The molecule has 3 rings (SSSR count). The zero-order valence-corrected chi connectivity index (χ0v) is 23.3. The van der Waals surface area contributed by atoms with Crippen molar-refractivity contribution in [3.63, 3.8) is 0 Å². The van der Waals surface area contributed by atoms with Crippen LogP contribution >= 0.6 is 0 Å². The number of halogens is 3. The third-order valence-corrected chi connectivity index (χ3v) is 11.2. The van der Waals surface area contributed by atoms with Crippen LogP contribution in [0.2, 0.25) is 25.2 Å². The number of hydrogen-bond acceptors (Lipinski definition) is 7. The van der Waals surface area contributed by atoms with Gasteiger partial charge in [-0.25, -0.2) is 8.42 Å². The van der Waals surface area contributed by atoms with E-state index in [1.807, 2.05) is 4.90 Å². The van der Waals surface area contributed by atoms with Crippen molar-refractivity contribution in [3.05, 3.63) is 42.0 Å². The zero-order chi connectivity index (χ0) is 28.1. The number of benzene rings is 1. The molecule has 1 fully saturated rings. The summed E-state index contributed by atoms with van der Waals surface area (Å²) in [6.45, 7) is 6.27. The van der Waals surface area contributed by atoms with E-state index in [0.717, 1.165) is 12.1 Å². The van der Waals surface area contributed by atoms with Gasteiger partial charge in [-0.05, 0) is 43.3 Å². The molecule has 38 heavy (non-hydrogen) atoms. The summed E-state index contributed by atoms with van der Waals surface area (Å²) >= 11 is 0. The number of sulfonamides is 1. The van der Waals surface area contributed by atoms with Crippen molar-refractivity contribution in [1.29, 1.82) is 0 Å². The Morgan fingerprint density at radius 1 is 1.21 bits per heavy atom. The Balaban J connectivity index is 1.84. The lowest BCUT2D eigenvalue weighted by Crippen LogP contribution is -2.43. The van der Waals surface area contributed by atoms with Gasteiger partial charge >= 0.3 is 6.18 Å². The Labute approximate surface area is 221 Å². The number of nitrogens with zero attached hydrogens (tertiary/aromatic N) is 2. The van der Waals surface area contributed by atoms with E-state index in [2.05, 4.69) is 28.1 Å². The van der Waals surface area contributed by atoms with Gasteiger partial charge in [-0.2, -0.15) is 18.2 Å². The Kier molecular flexibility index (Phi) is 9.31. The highest BCUT2D eigenvalue weighted by molar-refractivity contribution is 7.93. The van der Waals surface area contributed by atoms with Crippen LogP contribution in [0.5, 0.6) is 5.88 Å². The summed E-state index contributed by atoms with van der Waals surface area (Å²) in [5.74, 6) is -0.474. The third kappa shape index (κ3) is 8.33. The number of aliphatic hydroxyl groups excluding tert-OH is 1. The van der Waals surface area contributed by atoms with Crippen molar-refractivity contribution in [2.45, 2.75) is 50.0 Å². The number of pyridine rings is 1. The number of anilines is 3. The number of carbonyl (C=O) groups is 1. The zero-order valence-electron chi connectivity index (χ0n) is 21.5. The molecule has 14 heteroatoms. The Bertz CT molecular complexity index is 1230. The van der Waals surface area contributed by atoms with Crippen LogP contribution in [0.1, 0.15) is 23.7 Å². The van der Waals surface area contributed by atoms with Gasteiger partial charge in [0.25, 0.3) is 5.91 Å². The maximum atomic E-state index is 13.3. The molecule has 1 aromatic heterocycles.